The molecule has 0 aliphatic rings. The fourth-order valence-corrected chi connectivity index (χ4v) is 2.82. The molecule has 26 heavy (non-hydrogen) atoms. The fraction of sp³-hybridized carbons (Fsp3) is 0.0455. The van der Waals surface area contributed by atoms with Gasteiger partial charge in [-0.25, -0.2) is 0 Å². The van der Waals surface area contributed by atoms with Gasteiger partial charge in [-0.15, -0.1) is 0 Å². The highest BCUT2D eigenvalue weighted by molar-refractivity contribution is 6.30. The van der Waals surface area contributed by atoms with Crippen molar-refractivity contribution < 1.29 is 4.74 Å². The first-order valence-electron chi connectivity index (χ1n) is 8.00. The maximum Gasteiger partial charge on any atom is 0.127 e. The summed E-state index contributed by atoms with van der Waals surface area (Å²) >= 11 is 11.9. The number of nitrogens with zero attached hydrogens (tertiary/aromatic N) is 1. The third-order valence-electron chi connectivity index (χ3n) is 3.78. The number of benzene rings is 3. The summed E-state index contributed by atoms with van der Waals surface area (Å²) in [6.45, 7) is 0.397. The van der Waals surface area contributed by atoms with E-state index in [1.54, 1.807) is 12.1 Å². The first kappa shape index (κ1) is 18.1. The quantitative estimate of drug-likeness (QED) is 0.367. The van der Waals surface area contributed by atoms with Crippen molar-refractivity contribution >= 4 is 34.9 Å². The average molecular weight is 380 g/mol. The van der Waals surface area contributed by atoms with Gasteiger partial charge in [-0.2, -0.15) is 5.26 Å². The number of para-hydroxylation sites is 1. The number of ether oxygens (including phenoxy) is 1. The van der Waals surface area contributed by atoms with Gasteiger partial charge in [0.15, 0.2) is 0 Å². The van der Waals surface area contributed by atoms with Crippen LogP contribution in [0.2, 0.25) is 10.0 Å². The summed E-state index contributed by atoms with van der Waals surface area (Å²) in [5.74, 6) is 0.703. The van der Waals surface area contributed by atoms with Gasteiger partial charge in [0, 0.05) is 15.6 Å². The molecule has 4 heteroatoms. The lowest BCUT2D eigenvalue weighted by molar-refractivity contribution is 0.305. The summed E-state index contributed by atoms with van der Waals surface area (Å²) < 4.78 is 5.94. The Bertz CT molecular complexity index is 972. The van der Waals surface area contributed by atoms with E-state index in [2.05, 4.69) is 6.07 Å². The predicted molar refractivity (Wildman–Crippen MR) is 107 cm³/mol. The Morgan fingerprint density at radius 1 is 0.923 bits per heavy atom. The van der Waals surface area contributed by atoms with Crippen molar-refractivity contribution in [3.8, 4) is 11.8 Å². The van der Waals surface area contributed by atoms with Crippen LogP contribution >= 0.6 is 23.2 Å². The largest absolute Gasteiger partial charge is 0.488 e. The highest BCUT2D eigenvalue weighted by Crippen LogP contribution is 2.26. The number of nitriles is 1. The van der Waals surface area contributed by atoms with Crippen LogP contribution in [0.1, 0.15) is 16.7 Å². The molecule has 0 radical (unpaired) electrons. The standard InChI is InChI=1S/C22H15Cl2NO/c23-20-10-8-17(9-11-20)19(14-25)13-18-5-1-2-7-22(18)26-15-16-4-3-6-21(24)12-16/h1-13H,15H2/b19-13-. The summed E-state index contributed by atoms with van der Waals surface area (Å²) in [6.07, 6.45) is 1.82. The second-order valence-electron chi connectivity index (χ2n) is 5.63. The summed E-state index contributed by atoms with van der Waals surface area (Å²) in [5, 5.41) is 10.8. The van der Waals surface area contributed by atoms with Gasteiger partial charge in [-0.05, 0) is 47.5 Å². The van der Waals surface area contributed by atoms with E-state index in [9.17, 15) is 5.26 Å². The van der Waals surface area contributed by atoms with Crippen molar-refractivity contribution in [3.05, 3.63) is 99.5 Å². The number of hydrogen-bond donors (Lipinski definition) is 0. The van der Waals surface area contributed by atoms with Crippen LogP contribution < -0.4 is 4.74 Å². The number of hydrogen-bond acceptors (Lipinski definition) is 2. The van der Waals surface area contributed by atoms with Crippen LogP contribution in [0.25, 0.3) is 11.6 Å². The van der Waals surface area contributed by atoms with Crippen LogP contribution in [0.5, 0.6) is 5.75 Å². The first-order chi connectivity index (χ1) is 12.7. The highest BCUT2D eigenvalue weighted by atomic mass is 35.5. The Morgan fingerprint density at radius 2 is 1.69 bits per heavy atom. The molecule has 0 saturated heterocycles. The zero-order valence-corrected chi connectivity index (χ0v) is 15.3. The zero-order chi connectivity index (χ0) is 18.4. The molecule has 0 saturated carbocycles. The van der Waals surface area contributed by atoms with Crippen molar-refractivity contribution in [1.29, 1.82) is 5.26 Å². The van der Waals surface area contributed by atoms with Crippen molar-refractivity contribution in [2.75, 3.05) is 0 Å². The van der Waals surface area contributed by atoms with E-state index in [1.165, 1.54) is 0 Å². The Kier molecular flexibility index (Phi) is 5.96. The van der Waals surface area contributed by atoms with Crippen LogP contribution in [0, 0.1) is 11.3 Å². The molecular formula is C22H15Cl2NO. The molecule has 0 aliphatic carbocycles. The van der Waals surface area contributed by atoms with Gasteiger partial charge in [-0.3, -0.25) is 0 Å². The van der Waals surface area contributed by atoms with Gasteiger partial charge in [0.1, 0.15) is 12.4 Å². The Labute approximate surface area is 162 Å². The molecule has 0 amide bonds. The third kappa shape index (κ3) is 4.67. The minimum Gasteiger partial charge on any atom is -0.488 e. The summed E-state index contributed by atoms with van der Waals surface area (Å²) in [5.41, 5.74) is 3.16. The van der Waals surface area contributed by atoms with Crippen LogP contribution in [0.3, 0.4) is 0 Å². The van der Waals surface area contributed by atoms with Gasteiger partial charge in [0.25, 0.3) is 0 Å². The van der Waals surface area contributed by atoms with Gasteiger partial charge in [0.2, 0.25) is 0 Å². The maximum atomic E-state index is 9.53. The van der Waals surface area contributed by atoms with Gasteiger partial charge >= 0.3 is 0 Å². The SMILES string of the molecule is N#C/C(=C/c1ccccc1OCc1cccc(Cl)c1)c1ccc(Cl)cc1. The number of halogens is 2. The minimum atomic E-state index is 0.397. The Hall–Kier alpha value is -2.73. The molecule has 0 N–H and O–H groups in total. The molecule has 0 aliphatic heterocycles. The second kappa shape index (κ2) is 8.58. The normalized spacial score (nSPS) is 11.0. The molecule has 0 fully saturated rings. The Morgan fingerprint density at radius 3 is 2.42 bits per heavy atom. The van der Waals surface area contributed by atoms with E-state index in [4.69, 9.17) is 27.9 Å². The highest BCUT2D eigenvalue weighted by Gasteiger charge is 2.06. The first-order valence-corrected chi connectivity index (χ1v) is 8.75. The topological polar surface area (TPSA) is 33.0 Å². The molecular weight excluding hydrogens is 365 g/mol. The molecule has 0 aromatic heterocycles. The summed E-state index contributed by atoms with van der Waals surface area (Å²) in [7, 11) is 0. The van der Waals surface area contributed by atoms with Crippen molar-refractivity contribution in [2.24, 2.45) is 0 Å². The van der Waals surface area contributed by atoms with E-state index >= 15 is 0 Å². The van der Waals surface area contributed by atoms with Gasteiger partial charge < -0.3 is 4.74 Å². The molecule has 0 spiro atoms. The summed E-state index contributed by atoms with van der Waals surface area (Å²) in [4.78, 5) is 0. The smallest absolute Gasteiger partial charge is 0.127 e. The average Bonchev–Trinajstić information content (AvgIpc) is 2.66. The molecule has 3 aromatic rings. The summed E-state index contributed by atoms with van der Waals surface area (Å²) in [6, 6.07) is 24.6. The predicted octanol–water partition coefficient (Wildman–Crippen LogP) is 6.64. The minimum absolute atomic E-state index is 0.397. The van der Waals surface area contributed by atoms with Crippen molar-refractivity contribution in [3.63, 3.8) is 0 Å². The van der Waals surface area contributed by atoms with E-state index in [1.807, 2.05) is 66.7 Å². The molecule has 3 aromatic carbocycles. The molecule has 0 heterocycles. The van der Waals surface area contributed by atoms with Crippen LogP contribution in [-0.4, -0.2) is 0 Å². The molecule has 3 rings (SSSR count). The Balaban J connectivity index is 1.86. The zero-order valence-electron chi connectivity index (χ0n) is 13.8. The van der Waals surface area contributed by atoms with Crippen LogP contribution in [0.4, 0.5) is 0 Å². The van der Waals surface area contributed by atoms with Crippen LogP contribution in [-0.2, 0) is 6.61 Å². The van der Waals surface area contributed by atoms with E-state index < -0.39 is 0 Å². The number of allylic oxidation sites excluding steroid dienone is 1. The molecule has 0 bridgehead atoms. The number of rotatable bonds is 5. The fourth-order valence-electron chi connectivity index (χ4n) is 2.48. The van der Waals surface area contributed by atoms with E-state index in [0.717, 1.165) is 16.7 Å². The van der Waals surface area contributed by atoms with E-state index in [0.29, 0.717) is 28.0 Å². The maximum absolute atomic E-state index is 9.53. The van der Waals surface area contributed by atoms with Crippen molar-refractivity contribution in [1.82, 2.24) is 0 Å². The molecule has 2 nitrogen and oxygen atoms in total. The third-order valence-corrected chi connectivity index (χ3v) is 4.26. The second-order valence-corrected chi connectivity index (χ2v) is 6.51. The lowest BCUT2D eigenvalue weighted by Crippen LogP contribution is -1.97. The lowest BCUT2D eigenvalue weighted by atomic mass is 10.0. The molecule has 0 atom stereocenters. The van der Waals surface area contributed by atoms with Crippen LogP contribution in [0.15, 0.2) is 72.8 Å². The van der Waals surface area contributed by atoms with E-state index in [-0.39, 0.29) is 0 Å². The monoisotopic (exact) mass is 379 g/mol. The molecule has 0 unspecified atom stereocenters. The van der Waals surface area contributed by atoms with Gasteiger partial charge in [0.05, 0.1) is 11.6 Å². The molecule has 128 valence electrons. The lowest BCUT2D eigenvalue weighted by Gasteiger charge is -2.10. The van der Waals surface area contributed by atoms with Gasteiger partial charge in [-0.1, -0.05) is 65.7 Å². The van der Waals surface area contributed by atoms with Crippen molar-refractivity contribution in [2.45, 2.75) is 6.61 Å².